The summed E-state index contributed by atoms with van der Waals surface area (Å²) in [4.78, 5) is 13.0. The van der Waals surface area contributed by atoms with E-state index in [4.69, 9.17) is 28.4 Å². The van der Waals surface area contributed by atoms with Gasteiger partial charge in [-0.25, -0.2) is 0 Å². The van der Waals surface area contributed by atoms with E-state index in [1.165, 1.54) is 116 Å². The van der Waals surface area contributed by atoms with E-state index >= 15 is 0 Å². The van der Waals surface area contributed by atoms with Gasteiger partial charge in [0.2, 0.25) is 0 Å². The molecule has 14 nitrogen and oxygen atoms in total. The maximum absolute atomic E-state index is 13.0. The summed E-state index contributed by atoms with van der Waals surface area (Å²) in [5, 5.41) is 72.2. The Kier molecular flexibility index (Phi) is 37.8. The average molecular weight is 959 g/mol. The quantitative estimate of drug-likeness (QED) is 0.0174. The number of carbonyl (C=O) groups excluding carboxylic acids is 1. The molecule has 0 aromatic carbocycles. The summed E-state index contributed by atoms with van der Waals surface area (Å²) in [5.41, 5.74) is 0. The first-order chi connectivity index (χ1) is 32.6. The number of esters is 1. The number of aliphatic hydroxyl groups excluding tert-OH is 7. The molecule has 7 N–H and O–H groups in total. The van der Waals surface area contributed by atoms with Crippen molar-refractivity contribution in [1.82, 2.24) is 0 Å². The van der Waals surface area contributed by atoms with Crippen molar-refractivity contribution in [2.75, 3.05) is 33.0 Å². The van der Waals surface area contributed by atoms with Gasteiger partial charge in [0, 0.05) is 13.0 Å². The van der Waals surface area contributed by atoms with Crippen LogP contribution in [-0.2, 0) is 33.2 Å². The summed E-state index contributed by atoms with van der Waals surface area (Å²) in [6.07, 6.45) is 28.1. The molecule has 0 saturated carbocycles. The number of ether oxygens (including phenoxy) is 6. The van der Waals surface area contributed by atoms with E-state index in [1.807, 2.05) is 0 Å². The normalized spacial score (nSPS) is 26.2. The molecule has 2 fully saturated rings. The summed E-state index contributed by atoms with van der Waals surface area (Å²) < 4.78 is 34.3. The number of aliphatic hydroxyl groups is 7. The van der Waals surface area contributed by atoms with Crippen molar-refractivity contribution in [2.24, 2.45) is 0 Å². The Hall–Kier alpha value is -1.53. The van der Waals surface area contributed by atoms with Gasteiger partial charge in [-0.15, -0.1) is 0 Å². The lowest BCUT2D eigenvalue weighted by molar-refractivity contribution is -0.332. The summed E-state index contributed by atoms with van der Waals surface area (Å²) in [6.45, 7) is 3.63. The SMILES string of the molecule is CCC/C=C\C/C=C\CCCCCCCCOCC(COC1OC(COC2OC(CO)C(O)C(O)C2O)C(O)C(O)C1O)OC(=O)CCCCCCCCCCCCCCCCCCCCC. The maximum atomic E-state index is 13.0. The zero-order chi connectivity index (χ0) is 48.7. The molecule has 0 amide bonds. The molecule has 14 heteroatoms. The minimum absolute atomic E-state index is 0.0581. The number of allylic oxidation sites excluding steroid dienone is 4. The molecule has 11 atom stereocenters. The van der Waals surface area contributed by atoms with E-state index in [0.717, 1.165) is 64.2 Å². The van der Waals surface area contributed by atoms with Crippen LogP contribution in [0.25, 0.3) is 0 Å². The maximum Gasteiger partial charge on any atom is 0.306 e. The van der Waals surface area contributed by atoms with Crippen molar-refractivity contribution in [3.8, 4) is 0 Å². The summed E-state index contributed by atoms with van der Waals surface area (Å²) in [6, 6.07) is 0. The van der Waals surface area contributed by atoms with Gasteiger partial charge >= 0.3 is 5.97 Å². The van der Waals surface area contributed by atoms with Crippen molar-refractivity contribution >= 4 is 5.97 Å². The monoisotopic (exact) mass is 959 g/mol. The Morgan fingerprint density at radius 1 is 0.493 bits per heavy atom. The van der Waals surface area contributed by atoms with E-state index < -0.39 is 80.7 Å². The van der Waals surface area contributed by atoms with Gasteiger partial charge in [-0.2, -0.15) is 0 Å². The molecule has 2 aliphatic rings. The Morgan fingerprint density at radius 3 is 1.49 bits per heavy atom. The first kappa shape index (κ1) is 61.6. The second-order valence-electron chi connectivity index (χ2n) is 19.1. The van der Waals surface area contributed by atoms with Crippen LogP contribution >= 0.6 is 0 Å². The van der Waals surface area contributed by atoms with Crippen molar-refractivity contribution in [3.05, 3.63) is 24.3 Å². The smallest absolute Gasteiger partial charge is 0.306 e. The lowest BCUT2D eigenvalue weighted by Gasteiger charge is -2.42. The Morgan fingerprint density at radius 2 is 0.955 bits per heavy atom. The van der Waals surface area contributed by atoms with Gasteiger partial charge in [0.25, 0.3) is 0 Å². The predicted molar refractivity (Wildman–Crippen MR) is 261 cm³/mol. The number of hydrogen-bond acceptors (Lipinski definition) is 14. The topological polar surface area (TPSA) is 214 Å². The van der Waals surface area contributed by atoms with Crippen LogP contribution in [0.5, 0.6) is 0 Å². The molecule has 0 aromatic heterocycles. The van der Waals surface area contributed by atoms with E-state index in [1.54, 1.807) is 0 Å². The molecule has 2 heterocycles. The van der Waals surface area contributed by atoms with Crippen LogP contribution in [0, 0.1) is 0 Å². The number of unbranched alkanes of at least 4 members (excludes halogenated alkanes) is 25. The molecule has 0 aromatic rings. The minimum atomic E-state index is -1.71. The molecule has 11 unspecified atom stereocenters. The Balaban J connectivity index is 1.74. The summed E-state index contributed by atoms with van der Waals surface area (Å²) in [5.74, 6) is -0.377. The van der Waals surface area contributed by atoms with Crippen LogP contribution in [0.3, 0.4) is 0 Å². The minimum Gasteiger partial charge on any atom is -0.457 e. The van der Waals surface area contributed by atoms with Crippen LogP contribution in [-0.4, -0.2) is 142 Å². The third-order valence-corrected chi connectivity index (χ3v) is 12.9. The molecular formula is C53H98O14. The third kappa shape index (κ3) is 28.8. The number of hydrogen-bond donors (Lipinski definition) is 7. The Labute approximate surface area is 405 Å². The fourth-order valence-electron chi connectivity index (χ4n) is 8.56. The second-order valence-corrected chi connectivity index (χ2v) is 19.1. The van der Waals surface area contributed by atoms with Gasteiger partial charge in [0.15, 0.2) is 12.6 Å². The van der Waals surface area contributed by atoms with Crippen molar-refractivity contribution in [3.63, 3.8) is 0 Å². The zero-order valence-corrected chi connectivity index (χ0v) is 41.9. The van der Waals surface area contributed by atoms with E-state index in [-0.39, 0.29) is 25.6 Å². The standard InChI is InChI=1S/C53H98O14/c1-3-5-7-9-11-13-15-17-19-20-21-22-23-24-26-28-30-32-34-36-45(55)65-42(39-62-37-35-33-31-29-27-25-18-16-14-12-10-8-6-4-2)40-63-52-51(61)49(59)47(57)44(67-52)41-64-53-50(60)48(58)46(56)43(38-54)66-53/h8,10,14,16,42-44,46-54,56-61H,3-7,9,11-13,15,17-41H2,1-2H3/b10-8-,16-14-. The van der Waals surface area contributed by atoms with Gasteiger partial charge in [-0.3, -0.25) is 4.79 Å². The Bertz CT molecular complexity index is 1200. The molecule has 67 heavy (non-hydrogen) atoms. The van der Waals surface area contributed by atoms with Gasteiger partial charge in [-0.05, 0) is 38.5 Å². The predicted octanol–water partition coefficient (Wildman–Crippen LogP) is 8.41. The molecule has 2 saturated heterocycles. The van der Waals surface area contributed by atoms with E-state index in [2.05, 4.69) is 38.2 Å². The largest absolute Gasteiger partial charge is 0.457 e. The van der Waals surface area contributed by atoms with E-state index in [9.17, 15) is 40.5 Å². The number of carbonyl (C=O) groups is 1. The summed E-state index contributed by atoms with van der Waals surface area (Å²) in [7, 11) is 0. The molecule has 0 spiro atoms. The molecule has 0 radical (unpaired) electrons. The van der Waals surface area contributed by atoms with Crippen LogP contribution < -0.4 is 0 Å². The van der Waals surface area contributed by atoms with Crippen molar-refractivity contribution in [2.45, 2.75) is 274 Å². The lowest BCUT2D eigenvalue weighted by atomic mass is 9.98. The highest BCUT2D eigenvalue weighted by Gasteiger charge is 2.47. The van der Waals surface area contributed by atoms with Crippen LogP contribution in [0.15, 0.2) is 24.3 Å². The number of rotatable bonds is 43. The third-order valence-electron chi connectivity index (χ3n) is 12.9. The molecule has 394 valence electrons. The summed E-state index contributed by atoms with van der Waals surface area (Å²) >= 11 is 0. The van der Waals surface area contributed by atoms with Gasteiger partial charge in [-0.1, -0.05) is 186 Å². The molecule has 0 aliphatic carbocycles. The van der Waals surface area contributed by atoms with Crippen LogP contribution in [0.4, 0.5) is 0 Å². The molecular weight excluding hydrogens is 861 g/mol. The van der Waals surface area contributed by atoms with Gasteiger partial charge in [0.1, 0.15) is 54.9 Å². The highest BCUT2D eigenvalue weighted by molar-refractivity contribution is 5.69. The van der Waals surface area contributed by atoms with Gasteiger partial charge < -0.3 is 64.2 Å². The van der Waals surface area contributed by atoms with Crippen LogP contribution in [0.1, 0.15) is 206 Å². The second kappa shape index (κ2) is 41.1. The van der Waals surface area contributed by atoms with E-state index in [0.29, 0.717) is 13.0 Å². The van der Waals surface area contributed by atoms with Crippen molar-refractivity contribution < 1.29 is 69.0 Å². The molecule has 0 bridgehead atoms. The lowest BCUT2D eigenvalue weighted by Crippen LogP contribution is -2.61. The van der Waals surface area contributed by atoms with Crippen molar-refractivity contribution in [1.29, 1.82) is 0 Å². The first-order valence-electron chi connectivity index (χ1n) is 26.9. The molecule has 2 rings (SSSR count). The van der Waals surface area contributed by atoms with Crippen LogP contribution in [0.2, 0.25) is 0 Å². The first-order valence-corrected chi connectivity index (χ1v) is 26.9. The average Bonchev–Trinajstić information content (AvgIpc) is 3.32. The van der Waals surface area contributed by atoms with Gasteiger partial charge in [0.05, 0.1) is 26.4 Å². The highest BCUT2D eigenvalue weighted by atomic mass is 16.7. The fraction of sp³-hybridized carbons (Fsp3) is 0.906. The fourth-order valence-corrected chi connectivity index (χ4v) is 8.56. The zero-order valence-electron chi connectivity index (χ0n) is 41.9. The molecule has 2 aliphatic heterocycles. The highest BCUT2D eigenvalue weighted by Crippen LogP contribution is 2.26.